The summed E-state index contributed by atoms with van der Waals surface area (Å²) in [5.41, 5.74) is 2.49. The lowest BCUT2D eigenvalue weighted by Gasteiger charge is -2.07. The highest BCUT2D eigenvalue weighted by molar-refractivity contribution is 5.90. The van der Waals surface area contributed by atoms with Crippen LogP contribution in [0.2, 0.25) is 0 Å². The molecule has 0 bridgehead atoms. The molecule has 0 aliphatic carbocycles. The Labute approximate surface area is 112 Å². The van der Waals surface area contributed by atoms with Gasteiger partial charge in [-0.15, -0.1) is 0 Å². The van der Waals surface area contributed by atoms with Crippen molar-refractivity contribution in [2.24, 2.45) is 0 Å². The molecule has 2 rings (SSSR count). The van der Waals surface area contributed by atoms with Gasteiger partial charge in [-0.1, -0.05) is 6.92 Å². The van der Waals surface area contributed by atoms with Crippen LogP contribution >= 0.6 is 0 Å². The summed E-state index contributed by atoms with van der Waals surface area (Å²) in [6, 6.07) is 4.01. The Kier molecular flexibility index (Phi) is 3.74. The third-order valence-corrected chi connectivity index (χ3v) is 3.09. The van der Waals surface area contributed by atoms with Gasteiger partial charge in [0.25, 0.3) is 0 Å². The predicted molar refractivity (Wildman–Crippen MR) is 72.7 cm³/mol. The van der Waals surface area contributed by atoms with E-state index in [4.69, 9.17) is 4.74 Å². The number of ether oxygens (including phenoxy) is 1. The number of H-pyrrole nitrogens is 1. The van der Waals surface area contributed by atoms with Crippen LogP contribution in [0.25, 0.3) is 5.82 Å². The van der Waals surface area contributed by atoms with Crippen molar-refractivity contribution in [1.82, 2.24) is 14.5 Å². The van der Waals surface area contributed by atoms with Gasteiger partial charge in [-0.05, 0) is 32.4 Å². The van der Waals surface area contributed by atoms with E-state index >= 15 is 0 Å². The van der Waals surface area contributed by atoms with Crippen molar-refractivity contribution < 1.29 is 9.53 Å². The number of aryl methyl sites for hydroxylation is 3. The number of rotatable bonds is 4. The number of nitrogens with one attached hydrogen (secondary N) is 1. The molecule has 1 N–H and O–H groups in total. The van der Waals surface area contributed by atoms with E-state index in [9.17, 15) is 4.79 Å². The van der Waals surface area contributed by atoms with E-state index in [1.165, 1.54) is 7.11 Å². The van der Waals surface area contributed by atoms with Crippen molar-refractivity contribution in [3.05, 3.63) is 35.0 Å². The third-order valence-electron chi connectivity index (χ3n) is 3.09. The van der Waals surface area contributed by atoms with Gasteiger partial charge in [0.1, 0.15) is 5.82 Å². The van der Waals surface area contributed by atoms with Crippen LogP contribution in [-0.2, 0) is 11.2 Å². The van der Waals surface area contributed by atoms with Gasteiger partial charge in [0.2, 0.25) is 0 Å². The van der Waals surface area contributed by atoms with Crippen LogP contribution in [0.5, 0.6) is 0 Å². The third kappa shape index (κ3) is 2.41. The molecular weight excluding hydrogens is 242 g/mol. The normalized spacial score (nSPS) is 10.7. The minimum absolute atomic E-state index is 0.391. The average molecular weight is 261 g/mol. The molecule has 0 aromatic carbocycles. The predicted octanol–water partition coefficient (Wildman–Crippen LogP) is 2.56. The first-order chi connectivity index (χ1) is 9.08. The first-order valence-electron chi connectivity index (χ1n) is 6.41. The van der Waals surface area contributed by atoms with Crippen LogP contribution in [0, 0.1) is 13.8 Å². The molecule has 0 radical (unpaired) electrons. The minimum atomic E-state index is -0.391. The van der Waals surface area contributed by atoms with E-state index in [1.54, 1.807) is 0 Å². The molecule has 0 saturated heterocycles. The number of methoxy groups -OCH3 is 1. The second-order valence-corrected chi connectivity index (χ2v) is 4.58. The van der Waals surface area contributed by atoms with Crippen LogP contribution in [0.1, 0.15) is 41.0 Å². The molecule has 19 heavy (non-hydrogen) atoms. The molecule has 0 spiro atoms. The van der Waals surface area contributed by atoms with Crippen LogP contribution in [0.4, 0.5) is 0 Å². The summed E-state index contributed by atoms with van der Waals surface area (Å²) in [5.74, 6) is 1.04. The molecule has 5 heteroatoms. The molecular formula is C14H19N3O2. The Hall–Kier alpha value is -2.04. The summed E-state index contributed by atoms with van der Waals surface area (Å²) in [4.78, 5) is 19.5. The average Bonchev–Trinajstić information content (AvgIpc) is 2.93. The Balaban J connectivity index is 2.57. The van der Waals surface area contributed by atoms with Gasteiger partial charge >= 0.3 is 5.97 Å². The van der Waals surface area contributed by atoms with Crippen LogP contribution < -0.4 is 0 Å². The van der Waals surface area contributed by atoms with Gasteiger partial charge in [-0.25, -0.2) is 9.78 Å². The van der Waals surface area contributed by atoms with Gasteiger partial charge in [-0.2, -0.15) is 0 Å². The van der Waals surface area contributed by atoms with E-state index in [0.29, 0.717) is 11.5 Å². The highest BCUT2D eigenvalue weighted by Gasteiger charge is 2.20. The Morgan fingerprint density at radius 2 is 2.00 bits per heavy atom. The van der Waals surface area contributed by atoms with Gasteiger partial charge in [-0.3, -0.25) is 0 Å². The van der Waals surface area contributed by atoms with Gasteiger partial charge in [0.15, 0.2) is 11.5 Å². The fourth-order valence-corrected chi connectivity index (χ4v) is 2.18. The number of hydrogen-bond donors (Lipinski definition) is 1. The summed E-state index contributed by atoms with van der Waals surface area (Å²) in [5, 5.41) is 0. The Bertz CT molecular complexity index is 576. The lowest BCUT2D eigenvalue weighted by atomic mass is 10.3. The Morgan fingerprint density at radius 1 is 1.37 bits per heavy atom. The molecule has 2 aromatic heterocycles. The van der Waals surface area contributed by atoms with Crippen molar-refractivity contribution in [3.8, 4) is 5.82 Å². The number of aromatic nitrogens is 3. The van der Waals surface area contributed by atoms with E-state index in [2.05, 4.69) is 16.9 Å². The molecule has 0 aliphatic heterocycles. The highest BCUT2D eigenvalue weighted by Crippen LogP contribution is 2.19. The van der Waals surface area contributed by atoms with Crippen LogP contribution in [-0.4, -0.2) is 27.6 Å². The first kappa shape index (κ1) is 13.4. The largest absolute Gasteiger partial charge is 0.464 e. The fraction of sp³-hybridized carbons (Fsp3) is 0.429. The fourth-order valence-electron chi connectivity index (χ4n) is 2.18. The second-order valence-electron chi connectivity index (χ2n) is 4.58. The molecule has 0 amide bonds. The van der Waals surface area contributed by atoms with Crippen LogP contribution in [0.15, 0.2) is 12.1 Å². The maximum atomic E-state index is 11.9. The summed E-state index contributed by atoms with van der Waals surface area (Å²) in [7, 11) is 1.38. The number of imidazole rings is 1. The topological polar surface area (TPSA) is 59.9 Å². The summed E-state index contributed by atoms with van der Waals surface area (Å²) in [6.07, 6.45) is 1.78. The van der Waals surface area contributed by atoms with Crippen molar-refractivity contribution in [1.29, 1.82) is 0 Å². The summed E-state index contributed by atoms with van der Waals surface area (Å²) < 4.78 is 6.78. The standard InChI is InChI=1S/C14H19N3O2/c1-5-6-11-15-12(14(18)19-4)13(16-11)17-9(2)7-8-10(17)3/h7-8H,5-6H2,1-4H3,(H,15,16). The number of aromatic amines is 1. The molecule has 0 unspecified atom stereocenters. The number of nitrogens with zero attached hydrogens (tertiary/aromatic N) is 2. The molecule has 0 aliphatic rings. The van der Waals surface area contributed by atoms with Crippen molar-refractivity contribution >= 4 is 5.97 Å². The number of hydrogen-bond acceptors (Lipinski definition) is 3. The molecule has 0 fully saturated rings. The maximum Gasteiger partial charge on any atom is 0.358 e. The lowest BCUT2D eigenvalue weighted by Crippen LogP contribution is -2.09. The molecule has 2 heterocycles. The van der Waals surface area contributed by atoms with Crippen LogP contribution in [0.3, 0.4) is 0 Å². The quantitative estimate of drug-likeness (QED) is 0.860. The molecule has 102 valence electrons. The molecule has 5 nitrogen and oxygen atoms in total. The van der Waals surface area contributed by atoms with E-state index < -0.39 is 5.97 Å². The number of esters is 1. The highest BCUT2D eigenvalue weighted by atomic mass is 16.5. The zero-order chi connectivity index (χ0) is 14.0. The maximum absolute atomic E-state index is 11.9. The van der Waals surface area contributed by atoms with Crippen molar-refractivity contribution in [3.63, 3.8) is 0 Å². The summed E-state index contributed by atoms with van der Waals surface area (Å²) in [6.45, 7) is 6.05. The summed E-state index contributed by atoms with van der Waals surface area (Å²) >= 11 is 0. The van der Waals surface area contributed by atoms with E-state index in [0.717, 1.165) is 30.1 Å². The Morgan fingerprint density at radius 3 is 2.53 bits per heavy atom. The number of carbonyl (C=O) groups excluding carboxylic acids is 1. The molecule has 0 atom stereocenters. The minimum Gasteiger partial charge on any atom is -0.464 e. The van der Waals surface area contributed by atoms with Gasteiger partial charge in [0, 0.05) is 17.8 Å². The smallest absolute Gasteiger partial charge is 0.358 e. The lowest BCUT2D eigenvalue weighted by molar-refractivity contribution is 0.0594. The first-order valence-corrected chi connectivity index (χ1v) is 6.41. The van der Waals surface area contributed by atoms with E-state index in [1.807, 2.05) is 30.5 Å². The zero-order valence-corrected chi connectivity index (χ0v) is 11.8. The number of carbonyl (C=O) groups is 1. The van der Waals surface area contributed by atoms with Gasteiger partial charge in [0.05, 0.1) is 7.11 Å². The van der Waals surface area contributed by atoms with Gasteiger partial charge < -0.3 is 14.3 Å². The van der Waals surface area contributed by atoms with E-state index in [-0.39, 0.29) is 0 Å². The zero-order valence-electron chi connectivity index (χ0n) is 11.8. The van der Waals surface area contributed by atoms with Crippen molar-refractivity contribution in [2.45, 2.75) is 33.6 Å². The van der Waals surface area contributed by atoms with Crippen molar-refractivity contribution in [2.75, 3.05) is 7.11 Å². The molecule has 2 aromatic rings. The second kappa shape index (κ2) is 5.30. The molecule has 0 saturated carbocycles. The SMILES string of the molecule is CCCc1nc(-n2c(C)ccc2C)c(C(=O)OC)[nH]1. The monoisotopic (exact) mass is 261 g/mol.